The van der Waals surface area contributed by atoms with Crippen molar-refractivity contribution < 1.29 is 0 Å². The Labute approximate surface area is 161 Å². The molecule has 5 rings (SSSR count). The normalized spacial score (nSPS) is 17.7. The summed E-state index contributed by atoms with van der Waals surface area (Å²) in [4.78, 5) is 3.61. The summed E-state index contributed by atoms with van der Waals surface area (Å²) in [5.74, 6) is 0.785. The third kappa shape index (κ3) is 3.17. The zero-order valence-corrected chi connectivity index (χ0v) is 16.0. The smallest absolute Gasteiger partial charge is 0.0459 e. The molecule has 1 aliphatic carbocycles. The fraction of sp³-hybridized carbons (Fsp3) is 0.391. The first-order chi connectivity index (χ1) is 12.4. The molecule has 26 heavy (non-hydrogen) atoms. The highest BCUT2D eigenvalue weighted by atomic mass is 35.5. The number of hydrogen-bond acceptors (Lipinski definition) is 1. The molecule has 0 unspecified atom stereocenters. The van der Waals surface area contributed by atoms with Crippen molar-refractivity contribution in [3.05, 3.63) is 59.3 Å². The van der Waals surface area contributed by atoms with E-state index in [2.05, 4.69) is 52.8 Å². The van der Waals surface area contributed by atoms with Crippen molar-refractivity contribution in [2.24, 2.45) is 0 Å². The Hall–Kier alpha value is -1.77. The van der Waals surface area contributed by atoms with E-state index < -0.39 is 0 Å². The van der Waals surface area contributed by atoms with E-state index in [4.69, 9.17) is 0 Å². The minimum atomic E-state index is 0. The number of rotatable bonds is 2. The van der Waals surface area contributed by atoms with Crippen LogP contribution in [0.15, 0.2) is 42.5 Å². The molecule has 3 heteroatoms. The van der Waals surface area contributed by atoms with Gasteiger partial charge in [0.2, 0.25) is 0 Å². The SMILES string of the molecule is Cl.c1cc(C2CCCCC2)ccc1-c1ccc2[nH]c3c(c2c1)CNCC3. The van der Waals surface area contributed by atoms with Crippen molar-refractivity contribution in [3.63, 3.8) is 0 Å². The molecule has 0 bridgehead atoms. The first-order valence-electron chi connectivity index (χ1n) is 9.83. The van der Waals surface area contributed by atoms with Gasteiger partial charge < -0.3 is 10.3 Å². The van der Waals surface area contributed by atoms with E-state index in [1.165, 1.54) is 71.0 Å². The first-order valence-corrected chi connectivity index (χ1v) is 9.83. The molecule has 2 aliphatic rings. The average Bonchev–Trinajstić information content (AvgIpc) is 3.07. The summed E-state index contributed by atoms with van der Waals surface area (Å²) in [7, 11) is 0. The second-order valence-corrected chi connectivity index (χ2v) is 7.73. The van der Waals surface area contributed by atoms with Crippen LogP contribution in [0.3, 0.4) is 0 Å². The Morgan fingerprint density at radius 3 is 2.42 bits per heavy atom. The number of aromatic amines is 1. The van der Waals surface area contributed by atoms with Gasteiger partial charge in [-0.2, -0.15) is 0 Å². The largest absolute Gasteiger partial charge is 0.358 e. The highest BCUT2D eigenvalue weighted by Gasteiger charge is 2.17. The van der Waals surface area contributed by atoms with Crippen molar-refractivity contribution in [2.75, 3.05) is 6.54 Å². The zero-order valence-electron chi connectivity index (χ0n) is 15.2. The Kier molecular flexibility index (Phi) is 5.06. The van der Waals surface area contributed by atoms with Crippen molar-refractivity contribution in [2.45, 2.75) is 51.0 Å². The summed E-state index contributed by atoms with van der Waals surface area (Å²) in [6.07, 6.45) is 8.06. The molecule has 1 aromatic heterocycles. The van der Waals surface area contributed by atoms with Crippen LogP contribution in [0.25, 0.3) is 22.0 Å². The van der Waals surface area contributed by atoms with Crippen LogP contribution in [-0.2, 0) is 13.0 Å². The van der Waals surface area contributed by atoms with Gasteiger partial charge in [0.25, 0.3) is 0 Å². The summed E-state index contributed by atoms with van der Waals surface area (Å²) in [6.45, 7) is 2.06. The standard InChI is InChI=1S/C23H26N2.ClH/c1-2-4-16(5-3-1)17-6-8-18(9-7-17)19-10-11-22-20(14-19)21-15-24-13-12-23(21)25-22;/h6-11,14,16,24-25H,1-5,12-13,15H2;1H. The van der Waals surface area contributed by atoms with Gasteiger partial charge >= 0.3 is 0 Å². The molecule has 2 heterocycles. The molecular weight excluding hydrogens is 340 g/mol. The average molecular weight is 367 g/mol. The van der Waals surface area contributed by atoms with Crippen molar-refractivity contribution in [1.82, 2.24) is 10.3 Å². The molecule has 1 saturated carbocycles. The van der Waals surface area contributed by atoms with Crippen molar-refractivity contribution >= 4 is 23.3 Å². The number of aromatic nitrogens is 1. The maximum absolute atomic E-state index is 3.61. The van der Waals surface area contributed by atoms with E-state index in [9.17, 15) is 0 Å². The monoisotopic (exact) mass is 366 g/mol. The molecule has 2 N–H and O–H groups in total. The highest BCUT2D eigenvalue weighted by Crippen LogP contribution is 2.34. The summed E-state index contributed by atoms with van der Waals surface area (Å²) < 4.78 is 0. The topological polar surface area (TPSA) is 27.8 Å². The molecule has 2 nitrogen and oxygen atoms in total. The Balaban J connectivity index is 0.00000168. The maximum atomic E-state index is 3.61. The van der Waals surface area contributed by atoms with Gasteiger partial charge in [0.15, 0.2) is 0 Å². The predicted molar refractivity (Wildman–Crippen MR) is 112 cm³/mol. The molecule has 2 aromatic carbocycles. The van der Waals surface area contributed by atoms with Gasteiger partial charge in [-0.05, 0) is 53.1 Å². The van der Waals surface area contributed by atoms with Crippen LogP contribution in [-0.4, -0.2) is 11.5 Å². The second kappa shape index (κ2) is 7.46. The minimum Gasteiger partial charge on any atom is -0.358 e. The number of fused-ring (bicyclic) bond motifs is 3. The zero-order chi connectivity index (χ0) is 16.6. The van der Waals surface area contributed by atoms with Crippen LogP contribution in [0.4, 0.5) is 0 Å². The van der Waals surface area contributed by atoms with Gasteiger partial charge in [-0.25, -0.2) is 0 Å². The van der Waals surface area contributed by atoms with E-state index in [1.807, 2.05) is 0 Å². The van der Waals surface area contributed by atoms with Gasteiger partial charge in [-0.1, -0.05) is 49.6 Å². The van der Waals surface area contributed by atoms with Crippen LogP contribution in [0, 0.1) is 0 Å². The molecule has 3 aromatic rings. The molecule has 136 valence electrons. The Morgan fingerprint density at radius 2 is 1.62 bits per heavy atom. The number of nitrogens with one attached hydrogen (secondary N) is 2. The fourth-order valence-corrected chi connectivity index (χ4v) is 4.71. The molecule has 0 amide bonds. The number of hydrogen-bond donors (Lipinski definition) is 2. The van der Waals surface area contributed by atoms with Crippen LogP contribution in [0.5, 0.6) is 0 Å². The summed E-state index contributed by atoms with van der Waals surface area (Å²) in [5, 5.41) is 4.89. The number of halogens is 1. The van der Waals surface area contributed by atoms with Crippen LogP contribution in [0.1, 0.15) is 54.8 Å². The predicted octanol–water partition coefficient (Wildman–Crippen LogP) is 5.95. The lowest BCUT2D eigenvalue weighted by Crippen LogP contribution is -2.22. The first kappa shape index (κ1) is 17.6. The number of benzene rings is 2. The Bertz CT molecular complexity index is 888. The molecule has 0 saturated heterocycles. The van der Waals surface area contributed by atoms with Gasteiger partial charge in [0, 0.05) is 36.1 Å². The highest BCUT2D eigenvalue weighted by molar-refractivity contribution is 5.89. The van der Waals surface area contributed by atoms with E-state index in [0.717, 1.165) is 25.4 Å². The van der Waals surface area contributed by atoms with Gasteiger partial charge in [-0.3, -0.25) is 0 Å². The molecular formula is C23H27ClN2. The fourth-order valence-electron chi connectivity index (χ4n) is 4.71. The molecule has 0 atom stereocenters. The van der Waals surface area contributed by atoms with E-state index >= 15 is 0 Å². The van der Waals surface area contributed by atoms with Crippen LogP contribution >= 0.6 is 12.4 Å². The molecule has 1 fully saturated rings. The molecule has 1 aliphatic heterocycles. The van der Waals surface area contributed by atoms with E-state index in [1.54, 1.807) is 0 Å². The second-order valence-electron chi connectivity index (χ2n) is 7.73. The lowest BCUT2D eigenvalue weighted by Gasteiger charge is -2.22. The Morgan fingerprint density at radius 1 is 0.846 bits per heavy atom. The minimum absolute atomic E-state index is 0. The van der Waals surface area contributed by atoms with Crippen molar-refractivity contribution in [1.29, 1.82) is 0 Å². The van der Waals surface area contributed by atoms with E-state index in [0.29, 0.717) is 0 Å². The van der Waals surface area contributed by atoms with Crippen LogP contribution < -0.4 is 5.32 Å². The lowest BCUT2D eigenvalue weighted by atomic mass is 9.83. The molecule has 0 spiro atoms. The summed E-state index contributed by atoms with van der Waals surface area (Å²) >= 11 is 0. The van der Waals surface area contributed by atoms with Crippen molar-refractivity contribution in [3.8, 4) is 11.1 Å². The van der Waals surface area contributed by atoms with Crippen LogP contribution in [0.2, 0.25) is 0 Å². The number of H-pyrrole nitrogens is 1. The third-order valence-electron chi connectivity index (χ3n) is 6.17. The maximum Gasteiger partial charge on any atom is 0.0459 e. The van der Waals surface area contributed by atoms with Gasteiger partial charge in [-0.15, -0.1) is 12.4 Å². The van der Waals surface area contributed by atoms with Gasteiger partial charge in [0.05, 0.1) is 0 Å². The quantitative estimate of drug-likeness (QED) is 0.576. The summed E-state index contributed by atoms with van der Waals surface area (Å²) in [6, 6.07) is 16.2. The van der Waals surface area contributed by atoms with Gasteiger partial charge in [0.1, 0.15) is 0 Å². The third-order valence-corrected chi connectivity index (χ3v) is 6.17. The summed E-state index contributed by atoms with van der Waals surface area (Å²) in [5.41, 5.74) is 8.35. The lowest BCUT2D eigenvalue weighted by molar-refractivity contribution is 0.443. The van der Waals surface area contributed by atoms with E-state index in [-0.39, 0.29) is 12.4 Å². The molecule has 0 radical (unpaired) electrons.